The Morgan fingerprint density at radius 2 is 1.64 bits per heavy atom. The lowest BCUT2D eigenvalue weighted by atomic mass is 10.2. The van der Waals surface area contributed by atoms with Gasteiger partial charge in [0.2, 0.25) is 5.91 Å². The molecule has 1 amide bonds. The first-order valence-electron chi connectivity index (χ1n) is 10.0. The second kappa shape index (κ2) is 10.6. The molecule has 0 saturated heterocycles. The average Bonchev–Trinajstić information content (AvgIpc) is 2.83. The van der Waals surface area contributed by atoms with Gasteiger partial charge in [0.1, 0.15) is 18.0 Å². The van der Waals surface area contributed by atoms with Gasteiger partial charge in [0.25, 0.3) is 10.0 Å². The van der Waals surface area contributed by atoms with Gasteiger partial charge in [0.15, 0.2) is 0 Å². The van der Waals surface area contributed by atoms with Crippen LogP contribution >= 0.6 is 11.8 Å². The van der Waals surface area contributed by atoms with Gasteiger partial charge in [-0.05, 0) is 61.7 Å². The van der Waals surface area contributed by atoms with Crippen LogP contribution in [-0.4, -0.2) is 41.3 Å². The molecule has 0 heterocycles. The molecule has 3 aromatic rings. The highest BCUT2D eigenvalue weighted by molar-refractivity contribution is 7.98. The van der Waals surface area contributed by atoms with Gasteiger partial charge < -0.3 is 14.8 Å². The molecule has 0 fully saturated rings. The Bertz CT molecular complexity index is 1210. The zero-order valence-corrected chi connectivity index (χ0v) is 20.5. The van der Waals surface area contributed by atoms with Crippen molar-refractivity contribution in [3.8, 4) is 11.5 Å². The van der Waals surface area contributed by atoms with Crippen LogP contribution in [0.3, 0.4) is 0 Å². The fraction of sp³-hybridized carbons (Fsp3) is 0.208. The Kier molecular flexibility index (Phi) is 7.88. The number of carbonyl (C=O) groups is 1. The lowest BCUT2D eigenvalue weighted by Gasteiger charge is -2.24. The van der Waals surface area contributed by atoms with Crippen molar-refractivity contribution in [1.82, 2.24) is 0 Å². The molecule has 0 bridgehead atoms. The zero-order chi connectivity index (χ0) is 24.0. The summed E-state index contributed by atoms with van der Waals surface area (Å²) in [6.07, 6.45) is 1.92. The number of hydrogen-bond donors (Lipinski definition) is 1. The molecular weight excluding hydrogens is 460 g/mol. The van der Waals surface area contributed by atoms with E-state index in [1.165, 1.54) is 26.0 Å². The molecule has 174 valence electrons. The molecule has 0 aliphatic heterocycles. The highest BCUT2D eigenvalue weighted by Gasteiger charge is 2.27. The smallest absolute Gasteiger partial charge is 0.264 e. The van der Waals surface area contributed by atoms with Crippen molar-refractivity contribution in [2.75, 3.05) is 36.6 Å². The average molecular weight is 487 g/mol. The van der Waals surface area contributed by atoms with Crippen molar-refractivity contribution in [2.45, 2.75) is 16.7 Å². The number of anilines is 2. The molecule has 0 spiro atoms. The summed E-state index contributed by atoms with van der Waals surface area (Å²) in [4.78, 5) is 14.0. The van der Waals surface area contributed by atoms with Gasteiger partial charge in [-0.1, -0.05) is 17.7 Å². The van der Waals surface area contributed by atoms with Crippen molar-refractivity contribution in [1.29, 1.82) is 0 Å². The molecule has 0 radical (unpaired) electrons. The molecule has 0 aromatic heterocycles. The SMILES string of the molecule is COc1ccc(NC(=O)CN(c2ccc(C)cc2)S(=O)(=O)c2ccc(SC)cc2)c(OC)c1. The molecule has 1 N–H and O–H groups in total. The lowest BCUT2D eigenvalue weighted by Crippen LogP contribution is -2.38. The van der Waals surface area contributed by atoms with E-state index in [4.69, 9.17) is 9.47 Å². The van der Waals surface area contributed by atoms with Crippen LogP contribution < -0.4 is 19.1 Å². The Balaban J connectivity index is 1.93. The number of sulfonamides is 1. The van der Waals surface area contributed by atoms with Crippen molar-refractivity contribution in [2.24, 2.45) is 0 Å². The first kappa shape index (κ1) is 24.5. The van der Waals surface area contributed by atoms with Crippen molar-refractivity contribution < 1.29 is 22.7 Å². The minimum absolute atomic E-state index is 0.107. The Morgan fingerprint density at radius 1 is 0.970 bits per heavy atom. The summed E-state index contributed by atoms with van der Waals surface area (Å²) in [5.41, 5.74) is 1.79. The highest BCUT2D eigenvalue weighted by Crippen LogP contribution is 2.30. The van der Waals surface area contributed by atoms with Crippen LogP contribution in [0.4, 0.5) is 11.4 Å². The maximum absolute atomic E-state index is 13.5. The van der Waals surface area contributed by atoms with E-state index < -0.39 is 22.5 Å². The minimum atomic E-state index is -3.99. The molecule has 3 rings (SSSR count). The number of benzene rings is 3. The van der Waals surface area contributed by atoms with Crippen LogP contribution in [-0.2, 0) is 14.8 Å². The van der Waals surface area contributed by atoms with E-state index in [9.17, 15) is 13.2 Å². The van der Waals surface area contributed by atoms with Gasteiger partial charge >= 0.3 is 0 Å². The van der Waals surface area contributed by atoms with E-state index >= 15 is 0 Å². The number of aryl methyl sites for hydroxylation is 1. The molecule has 0 aliphatic rings. The summed E-state index contributed by atoms with van der Waals surface area (Å²) >= 11 is 1.52. The summed E-state index contributed by atoms with van der Waals surface area (Å²) in [5, 5.41) is 2.74. The standard InChI is InChI=1S/C24H26N2O5S2/c1-17-5-7-18(8-6-17)26(33(28,29)21-12-10-20(32-4)11-13-21)16-24(27)25-22-14-9-19(30-2)15-23(22)31-3/h5-15H,16H2,1-4H3,(H,25,27). The van der Waals surface area contributed by atoms with E-state index in [-0.39, 0.29) is 4.90 Å². The molecule has 0 unspecified atom stereocenters. The van der Waals surface area contributed by atoms with Gasteiger partial charge in [0.05, 0.1) is 30.5 Å². The van der Waals surface area contributed by atoms with Gasteiger partial charge in [-0.25, -0.2) is 8.42 Å². The normalized spacial score (nSPS) is 11.0. The summed E-state index contributed by atoms with van der Waals surface area (Å²) in [6, 6.07) is 18.5. The van der Waals surface area contributed by atoms with Crippen LogP contribution in [0.25, 0.3) is 0 Å². The molecule has 0 saturated carbocycles. The fourth-order valence-electron chi connectivity index (χ4n) is 3.12. The second-order valence-electron chi connectivity index (χ2n) is 7.14. The summed E-state index contributed by atoms with van der Waals surface area (Å²) in [6.45, 7) is 1.50. The van der Waals surface area contributed by atoms with E-state index in [0.29, 0.717) is 22.9 Å². The number of ether oxygens (including phenoxy) is 2. The third-order valence-corrected chi connectivity index (χ3v) is 7.47. The fourth-order valence-corrected chi connectivity index (χ4v) is 4.95. The number of thioether (sulfide) groups is 1. The maximum Gasteiger partial charge on any atom is 0.264 e. The van der Waals surface area contributed by atoms with Crippen molar-refractivity contribution in [3.63, 3.8) is 0 Å². The van der Waals surface area contributed by atoms with E-state index in [1.807, 2.05) is 13.2 Å². The summed E-state index contributed by atoms with van der Waals surface area (Å²) < 4.78 is 38.6. The highest BCUT2D eigenvalue weighted by atomic mass is 32.2. The molecular formula is C24H26N2O5S2. The van der Waals surface area contributed by atoms with Crippen LogP contribution in [0.1, 0.15) is 5.56 Å². The van der Waals surface area contributed by atoms with Gasteiger partial charge in [-0.15, -0.1) is 11.8 Å². The Hall–Kier alpha value is -3.17. The Labute approximate surface area is 198 Å². The van der Waals surface area contributed by atoms with E-state index in [0.717, 1.165) is 14.8 Å². The van der Waals surface area contributed by atoms with Crippen LogP contribution in [0, 0.1) is 6.92 Å². The van der Waals surface area contributed by atoms with Gasteiger partial charge in [-0.3, -0.25) is 9.10 Å². The summed E-state index contributed by atoms with van der Waals surface area (Å²) in [7, 11) is -0.985. The molecule has 0 atom stereocenters. The number of carbonyl (C=O) groups excluding carboxylic acids is 1. The third-order valence-electron chi connectivity index (χ3n) is 4.94. The van der Waals surface area contributed by atoms with Crippen molar-refractivity contribution in [3.05, 3.63) is 72.3 Å². The first-order valence-corrected chi connectivity index (χ1v) is 12.7. The van der Waals surface area contributed by atoms with Gasteiger partial charge in [0, 0.05) is 11.0 Å². The minimum Gasteiger partial charge on any atom is -0.497 e. The van der Waals surface area contributed by atoms with Crippen LogP contribution in [0.5, 0.6) is 11.5 Å². The number of nitrogens with zero attached hydrogens (tertiary/aromatic N) is 1. The Morgan fingerprint density at radius 3 is 2.21 bits per heavy atom. The number of nitrogens with one attached hydrogen (secondary N) is 1. The molecule has 7 nitrogen and oxygen atoms in total. The molecule has 3 aromatic carbocycles. The number of methoxy groups -OCH3 is 2. The first-order chi connectivity index (χ1) is 15.8. The quantitative estimate of drug-likeness (QED) is 0.446. The third kappa shape index (κ3) is 5.80. The maximum atomic E-state index is 13.5. The number of hydrogen-bond acceptors (Lipinski definition) is 6. The van der Waals surface area contributed by atoms with E-state index in [2.05, 4.69) is 5.32 Å². The zero-order valence-electron chi connectivity index (χ0n) is 18.9. The molecule has 0 aliphatic carbocycles. The molecule has 33 heavy (non-hydrogen) atoms. The van der Waals surface area contributed by atoms with Crippen molar-refractivity contribution >= 4 is 39.1 Å². The predicted molar refractivity (Wildman–Crippen MR) is 132 cm³/mol. The number of rotatable bonds is 9. The second-order valence-corrected chi connectivity index (χ2v) is 9.88. The predicted octanol–water partition coefficient (Wildman–Crippen LogP) is 4.57. The van der Waals surface area contributed by atoms with Gasteiger partial charge in [-0.2, -0.15) is 0 Å². The van der Waals surface area contributed by atoms with E-state index in [1.54, 1.807) is 66.7 Å². The lowest BCUT2D eigenvalue weighted by molar-refractivity contribution is -0.114. The monoisotopic (exact) mass is 486 g/mol. The topological polar surface area (TPSA) is 84.9 Å². The largest absolute Gasteiger partial charge is 0.497 e. The molecule has 9 heteroatoms. The number of amides is 1. The van der Waals surface area contributed by atoms with Crippen LogP contribution in [0.2, 0.25) is 0 Å². The van der Waals surface area contributed by atoms with Crippen LogP contribution in [0.15, 0.2) is 76.5 Å². The summed E-state index contributed by atoms with van der Waals surface area (Å²) in [5.74, 6) is 0.464.